The number of hydrogen-bond donors (Lipinski definition) is 1. The third kappa shape index (κ3) is 4.25. The molecule has 6 nitrogen and oxygen atoms in total. The monoisotopic (exact) mass is 413 g/mol. The van der Waals surface area contributed by atoms with Crippen molar-refractivity contribution in [2.75, 3.05) is 13.1 Å². The zero-order valence-corrected chi connectivity index (χ0v) is 16.7. The summed E-state index contributed by atoms with van der Waals surface area (Å²) in [6, 6.07) is 5.44. The molecule has 1 aromatic carbocycles. The molecule has 2 heterocycles. The fraction of sp³-hybridized carbons (Fsp3) is 0.412. The predicted octanol–water partition coefficient (Wildman–Crippen LogP) is 2.62. The van der Waals surface area contributed by atoms with E-state index in [1.807, 2.05) is 12.3 Å². The Morgan fingerprint density at radius 1 is 1.46 bits per heavy atom. The zero-order valence-electron chi connectivity index (χ0n) is 14.3. The van der Waals surface area contributed by atoms with Gasteiger partial charge in [-0.15, -0.1) is 11.3 Å². The van der Waals surface area contributed by atoms with Crippen LogP contribution in [0.15, 0.2) is 34.5 Å². The van der Waals surface area contributed by atoms with Gasteiger partial charge in [-0.25, -0.2) is 13.4 Å². The molecule has 1 aromatic heterocycles. The fourth-order valence-corrected chi connectivity index (χ4v) is 5.61. The van der Waals surface area contributed by atoms with Gasteiger partial charge in [0.1, 0.15) is 6.04 Å². The van der Waals surface area contributed by atoms with E-state index in [4.69, 9.17) is 11.6 Å². The molecule has 0 spiro atoms. The number of nitrogens with one attached hydrogen (secondary N) is 1. The summed E-state index contributed by atoms with van der Waals surface area (Å²) < 4.78 is 27.0. The molecule has 0 aliphatic carbocycles. The topological polar surface area (TPSA) is 79.4 Å². The van der Waals surface area contributed by atoms with Gasteiger partial charge in [0.25, 0.3) is 0 Å². The second-order valence-electron chi connectivity index (χ2n) is 6.13. The number of amides is 1. The highest BCUT2D eigenvalue weighted by Crippen LogP contribution is 2.27. The second-order valence-corrected chi connectivity index (χ2v) is 9.52. The Labute approximate surface area is 162 Å². The van der Waals surface area contributed by atoms with E-state index in [2.05, 4.69) is 10.3 Å². The molecule has 3 rings (SSSR count). The summed E-state index contributed by atoms with van der Waals surface area (Å²) in [6.45, 7) is 2.70. The zero-order chi connectivity index (χ0) is 18.7. The number of thiazole rings is 1. The van der Waals surface area contributed by atoms with Crippen molar-refractivity contribution in [3.05, 3.63) is 45.4 Å². The van der Waals surface area contributed by atoms with Crippen LogP contribution in [-0.2, 0) is 21.2 Å². The van der Waals surface area contributed by atoms with E-state index in [-0.39, 0.29) is 10.8 Å². The van der Waals surface area contributed by atoms with Gasteiger partial charge in [0, 0.05) is 29.9 Å². The van der Waals surface area contributed by atoms with Crippen LogP contribution in [0, 0.1) is 6.92 Å². The molecule has 26 heavy (non-hydrogen) atoms. The average Bonchev–Trinajstić information content (AvgIpc) is 3.24. The Morgan fingerprint density at radius 2 is 2.27 bits per heavy atom. The molecule has 1 aliphatic rings. The van der Waals surface area contributed by atoms with Crippen LogP contribution in [-0.4, -0.2) is 42.7 Å². The molecule has 1 atom stereocenters. The van der Waals surface area contributed by atoms with Gasteiger partial charge < -0.3 is 5.32 Å². The minimum atomic E-state index is -3.75. The number of aromatic nitrogens is 1. The molecule has 0 radical (unpaired) electrons. The first kappa shape index (κ1) is 19.3. The third-order valence-corrected chi connectivity index (χ3v) is 7.22. The third-order valence-electron chi connectivity index (χ3n) is 4.26. The minimum Gasteiger partial charge on any atom is -0.354 e. The number of sulfonamides is 1. The van der Waals surface area contributed by atoms with Gasteiger partial charge in [-0.2, -0.15) is 4.31 Å². The molecule has 1 saturated heterocycles. The maximum atomic E-state index is 12.9. The van der Waals surface area contributed by atoms with Gasteiger partial charge in [-0.1, -0.05) is 17.7 Å². The number of benzene rings is 1. The first-order valence-corrected chi connectivity index (χ1v) is 11.0. The van der Waals surface area contributed by atoms with Crippen molar-refractivity contribution in [3.63, 3.8) is 0 Å². The summed E-state index contributed by atoms with van der Waals surface area (Å²) in [6.07, 6.45) is 1.80. The highest BCUT2D eigenvalue weighted by atomic mass is 35.5. The number of carbonyl (C=O) groups excluding carboxylic acids is 1. The van der Waals surface area contributed by atoms with Crippen molar-refractivity contribution in [1.29, 1.82) is 0 Å². The lowest BCUT2D eigenvalue weighted by atomic mass is 10.2. The van der Waals surface area contributed by atoms with Gasteiger partial charge in [0.15, 0.2) is 0 Å². The molecule has 1 fully saturated rings. The number of rotatable bonds is 6. The lowest BCUT2D eigenvalue weighted by Gasteiger charge is -2.23. The van der Waals surface area contributed by atoms with Crippen LogP contribution in [0.2, 0.25) is 5.02 Å². The molecule has 1 N–H and O–H groups in total. The van der Waals surface area contributed by atoms with Crippen LogP contribution in [0.5, 0.6) is 0 Å². The quantitative estimate of drug-likeness (QED) is 0.789. The molecule has 9 heteroatoms. The Kier molecular flexibility index (Phi) is 5.96. The van der Waals surface area contributed by atoms with Crippen molar-refractivity contribution in [2.24, 2.45) is 0 Å². The number of carbonyl (C=O) groups is 1. The van der Waals surface area contributed by atoms with Crippen LogP contribution >= 0.6 is 22.9 Å². The van der Waals surface area contributed by atoms with Crippen LogP contribution in [0.4, 0.5) is 0 Å². The first-order valence-electron chi connectivity index (χ1n) is 8.34. The molecule has 0 saturated carbocycles. The smallest absolute Gasteiger partial charge is 0.243 e. The summed E-state index contributed by atoms with van der Waals surface area (Å²) in [7, 11) is -3.75. The number of aryl methyl sites for hydroxylation is 1. The Bertz CT molecular complexity index is 898. The van der Waals surface area contributed by atoms with Gasteiger partial charge >= 0.3 is 0 Å². The van der Waals surface area contributed by atoms with Crippen LogP contribution in [0.25, 0.3) is 0 Å². The van der Waals surface area contributed by atoms with Crippen molar-refractivity contribution < 1.29 is 13.2 Å². The summed E-state index contributed by atoms with van der Waals surface area (Å²) >= 11 is 7.49. The maximum absolute atomic E-state index is 12.9. The Hall–Kier alpha value is -1.48. The molecule has 0 bridgehead atoms. The van der Waals surface area contributed by atoms with Crippen LogP contribution < -0.4 is 5.32 Å². The molecule has 2 aromatic rings. The molecular formula is C17H20ClN3O3S2. The lowest BCUT2D eigenvalue weighted by Crippen LogP contribution is -2.46. The van der Waals surface area contributed by atoms with Crippen molar-refractivity contribution in [2.45, 2.75) is 37.1 Å². The minimum absolute atomic E-state index is 0.114. The van der Waals surface area contributed by atoms with Gasteiger partial charge in [-0.3, -0.25) is 4.79 Å². The van der Waals surface area contributed by atoms with Crippen molar-refractivity contribution >= 4 is 38.9 Å². The molecule has 140 valence electrons. The normalized spacial score (nSPS) is 18.2. The maximum Gasteiger partial charge on any atom is 0.243 e. The van der Waals surface area contributed by atoms with Gasteiger partial charge in [0.2, 0.25) is 15.9 Å². The highest BCUT2D eigenvalue weighted by molar-refractivity contribution is 7.89. The summed E-state index contributed by atoms with van der Waals surface area (Å²) in [4.78, 5) is 17.0. The van der Waals surface area contributed by atoms with E-state index in [0.717, 1.165) is 10.7 Å². The van der Waals surface area contributed by atoms with E-state index >= 15 is 0 Å². The molecule has 0 unspecified atom stereocenters. The Morgan fingerprint density at radius 3 is 2.96 bits per heavy atom. The van der Waals surface area contributed by atoms with E-state index in [0.29, 0.717) is 37.4 Å². The summed E-state index contributed by atoms with van der Waals surface area (Å²) in [5.41, 5.74) is 0.933. The predicted molar refractivity (Wildman–Crippen MR) is 102 cm³/mol. The van der Waals surface area contributed by atoms with E-state index in [1.54, 1.807) is 23.5 Å². The molecule has 1 amide bonds. The van der Waals surface area contributed by atoms with E-state index in [9.17, 15) is 13.2 Å². The molecule has 1 aliphatic heterocycles. The first-order chi connectivity index (χ1) is 12.4. The number of hydrogen-bond acceptors (Lipinski definition) is 5. The van der Waals surface area contributed by atoms with E-state index < -0.39 is 16.1 Å². The number of halogens is 1. The standard InChI is InChI=1S/C17H20ClN3O3S2/c1-12-20-14(11-25-12)7-8-19-17(22)16-6-3-9-21(16)26(23,24)15-5-2-4-13(18)10-15/h2,4-5,10-11,16H,3,6-9H2,1H3,(H,19,22)/t16-/m1/s1. The largest absolute Gasteiger partial charge is 0.354 e. The van der Waals surface area contributed by atoms with E-state index in [1.165, 1.54) is 16.4 Å². The highest BCUT2D eigenvalue weighted by Gasteiger charge is 2.39. The van der Waals surface area contributed by atoms with Gasteiger partial charge in [0.05, 0.1) is 15.6 Å². The fourth-order valence-electron chi connectivity index (χ4n) is 3.01. The van der Waals surface area contributed by atoms with Crippen LogP contribution in [0.1, 0.15) is 23.5 Å². The van der Waals surface area contributed by atoms with Crippen LogP contribution in [0.3, 0.4) is 0 Å². The average molecular weight is 414 g/mol. The molecular weight excluding hydrogens is 394 g/mol. The second kappa shape index (κ2) is 8.04. The number of nitrogens with zero attached hydrogens (tertiary/aromatic N) is 2. The summed E-state index contributed by atoms with van der Waals surface area (Å²) in [5, 5.41) is 6.14. The lowest BCUT2D eigenvalue weighted by molar-refractivity contribution is -0.124. The van der Waals surface area contributed by atoms with Gasteiger partial charge in [-0.05, 0) is 38.0 Å². The van der Waals surface area contributed by atoms with Crippen molar-refractivity contribution in [1.82, 2.24) is 14.6 Å². The summed E-state index contributed by atoms with van der Waals surface area (Å²) in [5.74, 6) is -0.264. The Balaban J connectivity index is 1.66. The van der Waals surface area contributed by atoms with Crippen molar-refractivity contribution in [3.8, 4) is 0 Å². The SMILES string of the molecule is Cc1nc(CCNC(=O)[C@H]2CCCN2S(=O)(=O)c2cccc(Cl)c2)cs1.